The Morgan fingerprint density at radius 2 is 1.00 bits per heavy atom. The molecule has 0 aromatic carbocycles. The van der Waals surface area contributed by atoms with Gasteiger partial charge in [-0.2, -0.15) is 26.3 Å². The molecule has 0 saturated heterocycles. The van der Waals surface area contributed by atoms with Gasteiger partial charge < -0.3 is 9.11 Å². The van der Waals surface area contributed by atoms with E-state index in [1.807, 2.05) is 0 Å². The minimum absolute atomic E-state index is 1.15. The van der Waals surface area contributed by atoms with Gasteiger partial charge in [0, 0.05) is 36.1 Å². The number of aryl methyl sites for hydroxylation is 4. The predicted octanol–water partition coefficient (Wildman–Crippen LogP) is 5.53. The van der Waals surface area contributed by atoms with E-state index >= 15 is 0 Å². The van der Waals surface area contributed by atoms with Crippen molar-refractivity contribution in [2.75, 3.05) is 0 Å². The summed E-state index contributed by atoms with van der Waals surface area (Å²) >= 11 is 0. The fourth-order valence-corrected chi connectivity index (χ4v) is 2.27. The van der Waals surface area contributed by atoms with Gasteiger partial charge >= 0.3 is 11.0 Å². The molecular formula is C22H34F6N4O4S2. The quantitative estimate of drug-likeness (QED) is 0.335. The van der Waals surface area contributed by atoms with Crippen molar-refractivity contribution in [2.24, 2.45) is 0 Å². The van der Waals surface area contributed by atoms with Gasteiger partial charge in [-0.25, -0.2) is 9.13 Å². The molecule has 2 unspecified atom stereocenters. The highest BCUT2D eigenvalue weighted by atomic mass is 32.2. The predicted molar refractivity (Wildman–Crippen MR) is 128 cm³/mol. The number of alkyl halides is 6. The third kappa shape index (κ3) is 18.9. The zero-order valence-electron chi connectivity index (χ0n) is 21.5. The second-order valence-electron chi connectivity index (χ2n) is 7.84. The maximum atomic E-state index is 10.8. The van der Waals surface area contributed by atoms with E-state index in [1.54, 1.807) is 0 Å². The summed E-state index contributed by atoms with van der Waals surface area (Å²) in [7, 11) is -11.2. The second kappa shape index (κ2) is 17.3. The van der Waals surface area contributed by atoms with Crippen molar-refractivity contribution in [2.45, 2.75) is 77.5 Å². The summed E-state index contributed by atoms with van der Waals surface area (Å²) in [5, 5.41) is 0. The number of aromatic nitrogens is 2. The number of hydrogen-bond donors (Lipinski definition) is 2. The van der Waals surface area contributed by atoms with Crippen LogP contribution in [0.2, 0.25) is 0 Å². The average molecular weight is 597 g/mol. The molecule has 0 aliphatic heterocycles. The molecular weight excluding hydrogens is 562 g/mol. The lowest BCUT2D eigenvalue weighted by Crippen LogP contribution is -2.32. The minimum Gasteiger partial charge on any atom is -0.758 e. The van der Waals surface area contributed by atoms with Crippen LogP contribution < -0.4 is 9.13 Å². The van der Waals surface area contributed by atoms with E-state index in [9.17, 15) is 43.9 Å². The van der Waals surface area contributed by atoms with E-state index < -0.39 is 31.0 Å². The highest BCUT2D eigenvalue weighted by Gasteiger charge is 2.34. The van der Waals surface area contributed by atoms with Crippen molar-refractivity contribution >= 4 is 20.0 Å². The third-order valence-electron chi connectivity index (χ3n) is 4.16. The van der Waals surface area contributed by atoms with Gasteiger partial charge in [0.05, 0.1) is 20.0 Å². The molecule has 2 rings (SSSR count). The van der Waals surface area contributed by atoms with E-state index in [1.165, 1.54) is 36.8 Å². The second-order valence-corrected chi connectivity index (χ2v) is 10.8. The van der Waals surface area contributed by atoms with Gasteiger partial charge in [0.15, 0.2) is 24.8 Å². The normalized spacial score (nSPS) is 14.2. The Kier molecular flexibility index (Phi) is 17.3. The van der Waals surface area contributed by atoms with Crippen LogP contribution in [0.25, 0.3) is 0 Å². The van der Waals surface area contributed by atoms with Crippen LogP contribution in [0.15, 0.2) is 49.1 Å². The Bertz CT molecular complexity index is 1070. The van der Waals surface area contributed by atoms with Crippen LogP contribution in [-0.4, -0.2) is 28.5 Å². The lowest BCUT2D eigenvalue weighted by Gasteiger charge is -2.12. The number of pyridine rings is 2. The van der Waals surface area contributed by atoms with Crippen molar-refractivity contribution in [1.82, 2.24) is 0 Å². The monoisotopic (exact) mass is 596 g/mol. The lowest BCUT2D eigenvalue weighted by atomic mass is 10.3. The molecule has 2 aromatic heterocycles. The molecule has 2 atom stereocenters. The number of unbranched alkanes of at least 4 members (excludes halogenated alkanes) is 2. The lowest BCUT2D eigenvalue weighted by molar-refractivity contribution is -0.697. The molecule has 2 aromatic rings. The maximum absolute atomic E-state index is 10.8. The molecule has 16 heteroatoms. The zero-order chi connectivity index (χ0) is 30.2. The summed E-state index contributed by atoms with van der Waals surface area (Å²) in [6, 6.07) is 8.46. The van der Waals surface area contributed by atoms with Crippen molar-refractivity contribution in [1.29, 1.82) is 9.56 Å². The summed E-state index contributed by atoms with van der Waals surface area (Å²) < 4.78 is 117. The summed E-state index contributed by atoms with van der Waals surface area (Å²) in [6.45, 7) is 11.0. The van der Waals surface area contributed by atoms with Gasteiger partial charge in [-0.15, -0.1) is 0 Å². The van der Waals surface area contributed by atoms with Gasteiger partial charge in [0.1, 0.15) is 13.1 Å². The molecule has 0 amide bonds. The Morgan fingerprint density at radius 3 is 1.18 bits per heavy atom. The first-order valence-electron chi connectivity index (χ1n) is 11.2. The first-order valence-corrected chi connectivity index (χ1v) is 14.2. The summed E-state index contributed by atoms with van der Waals surface area (Å²) in [5.41, 5.74) is -8.17. The molecule has 0 fully saturated rings. The largest absolute Gasteiger partial charge is 0.758 e. The molecule has 2 heterocycles. The maximum Gasteiger partial charge on any atom is 0.466 e. The molecule has 0 aliphatic rings. The van der Waals surface area contributed by atoms with Crippen LogP contribution in [0.3, 0.4) is 0 Å². The number of rotatable bonds is 6. The van der Waals surface area contributed by atoms with Crippen molar-refractivity contribution in [3.8, 4) is 0 Å². The molecule has 0 bridgehead atoms. The number of nitrogens with one attached hydrogen (secondary N) is 2. The Hall–Kier alpha value is -2.30. The van der Waals surface area contributed by atoms with Gasteiger partial charge in [-0.3, -0.25) is 18.0 Å². The molecule has 2 N–H and O–H groups in total. The van der Waals surface area contributed by atoms with Crippen LogP contribution in [0, 0.1) is 23.4 Å². The van der Waals surface area contributed by atoms with Crippen LogP contribution >= 0.6 is 0 Å². The van der Waals surface area contributed by atoms with Crippen LogP contribution in [0.1, 0.15) is 50.7 Å². The summed E-state index contributed by atoms with van der Waals surface area (Å²) in [6.07, 6.45) is 13.7. The molecule has 220 valence electrons. The molecule has 0 radical (unpaired) electrons. The number of nitrogens with zero attached hydrogens (tertiary/aromatic N) is 2. The van der Waals surface area contributed by atoms with Gasteiger partial charge in [0.2, 0.25) is 0 Å². The van der Waals surface area contributed by atoms with E-state index in [4.69, 9.17) is 9.56 Å². The van der Waals surface area contributed by atoms with E-state index in [0.29, 0.717) is 0 Å². The fraction of sp³-hybridized carbons (Fsp3) is 0.545. The highest BCUT2D eigenvalue weighted by Crippen LogP contribution is 2.21. The highest BCUT2D eigenvalue weighted by molar-refractivity contribution is 7.87. The fourth-order valence-electron chi connectivity index (χ4n) is 2.27. The Morgan fingerprint density at radius 1 is 0.737 bits per heavy atom. The standard InChI is InChI=1S/2C10H16N.2CH2F3NO2S/c2*1-3-4-7-11-8-5-6-10(2)9-11;2*2-1(3,4)8(5,6)7/h2*5-6,8-9H,3-4,7H2,1-2H3;2*(H2,5,6,7)/q2*+1;;/p-2. The first-order chi connectivity index (χ1) is 17.2. The Balaban J connectivity index is 0. The van der Waals surface area contributed by atoms with Crippen LogP contribution in [0.4, 0.5) is 26.3 Å². The molecule has 0 aliphatic carbocycles. The summed E-state index contributed by atoms with van der Waals surface area (Å²) in [4.78, 5) is 0. The van der Waals surface area contributed by atoms with Gasteiger partial charge in [0.25, 0.3) is 0 Å². The topological polar surface area (TPSA) is 136 Å². The molecule has 0 saturated carbocycles. The number of halogens is 6. The van der Waals surface area contributed by atoms with Crippen molar-refractivity contribution in [3.63, 3.8) is 0 Å². The van der Waals surface area contributed by atoms with Gasteiger partial charge in [-0.05, 0) is 26.0 Å². The first kappa shape index (κ1) is 37.9. The minimum atomic E-state index is -5.59. The molecule has 0 spiro atoms. The van der Waals surface area contributed by atoms with Crippen molar-refractivity contribution < 1.29 is 53.0 Å². The average Bonchev–Trinajstić information content (AvgIpc) is 2.75. The van der Waals surface area contributed by atoms with E-state index in [0.717, 1.165) is 13.1 Å². The van der Waals surface area contributed by atoms with E-state index in [-0.39, 0.29) is 0 Å². The number of hydrogen-bond acceptors (Lipinski definition) is 6. The Labute approximate surface area is 220 Å². The molecule has 38 heavy (non-hydrogen) atoms. The van der Waals surface area contributed by atoms with Crippen LogP contribution in [-0.2, 0) is 33.1 Å². The third-order valence-corrected chi connectivity index (χ3v) is 5.38. The van der Waals surface area contributed by atoms with Crippen molar-refractivity contribution in [3.05, 3.63) is 60.2 Å². The van der Waals surface area contributed by atoms with E-state index in [2.05, 4.69) is 85.9 Å². The smallest absolute Gasteiger partial charge is 0.466 e. The SMILES string of the molecule is CCCC[n+]1cccc(C)c1.CCCC[n+]1cccc(C)c1.N=S(=O)([O-])C(F)(F)F.N=S(=O)([O-])C(F)(F)F. The summed E-state index contributed by atoms with van der Waals surface area (Å²) in [5.74, 6) is 0. The van der Waals surface area contributed by atoms with Crippen LogP contribution in [0.5, 0.6) is 0 Å². The van der Waals surface area contributed by atoms with Gasteiger partial charge in [-0.1, -0.05) is 26.7 Å². The molecule has 8 nitrogen and oxygen atoms in total. The zero-order valence-corrected chi connectivity index (χ0v) is 23.1.